The Morgan fingerprint density at radius 3 is 2.60 bits per heavy atom. The molecular formula is C6H5BiO8. The standard InChI is InChI=1S/C6H8O8.Bi/c7-2(8)1-6(14,5(12)13)3(9)4(10)11;/h3,9,14H,1H2,(H,7,8)(H,10,11)(H,12,13);/q;+3/p-3. The Bertz CT molecular complexity index is 353. The molecule has 0 radical (unpaired) electrons. The maximum absolute atomic E-state index is 11.3. The zero-order valence-corrected chi connectivity index (χ0v) is 10.6. The van der Waals surface area contributed by atoms with E-state index >= 15 is 0 Å². The van der Waals surface area contributed by atoms with Crippen LogP contribution in [0.2, 0.25) is 0 Å². The second-order valence-electron chi connectivity index (χ2n) is 2.98. The molecule has 2 fully saturated rings. The van der Waals surface area contributed by atoms with Gasteiger partial charge in [0.05, 0.1) is 0 Å². The summed E-state index contributed by atoms with van der Waals surface area (Å²) in [6.45, 7) is 0. The van der Waals surface area contributed by atoms with Crippen molar-refractivity contribution in [3.05, 3.63) is 0 Å². The first-order chi connectivity index (χ1) is 6.93. The predicted octanol–water partition coefficient (Wildman–Crippen LogP) is -2.89. The molecule has 2 aliphatic heterocycles. The van der Waals surface area contributed by atoms with Crippen molar-refractivity contribution >= 4 is 41.0 Å². The van der Waals surface area contributed by atoms with Crippen LogP contribution in [0.4, 0.5) is 0 Å². The van der Waals surface area contributed by atoms with Crippen LogP contribution in [-0.2, 0) is 22.8 Å². The van der Waals surface area contributed by atoms with E-state index in [1.54, 1.807) is 0 Å². The van der Waals surface area contributed by atoms with Crippen molar-refractivity contribution in [1.29, 1.82) is 0 Å². The van der Waals surface area contributed by atoms with Gasteiger partial charge >= 0.3 is 92.1 Å². The molecule has 0 aromatic heterocycles. The van der Waals surface area contributed by atoms with Crippen LogP contribution < -0.4 is 0 Å². The maximum atomic E-state index is 11.3. The molecule has 2 atom stereocenters. The van der Waals surface area contributed by atoms with Gasteiger partial charge in [-0.25, -0.2) is 0 Å². The van der Waals surface area contributed by atoms with Gasteiger partial charge in [0, 0.05) is 0 Å². The van der Waals surface area contributed by atoms with Crippen LogP contribution in [0.3, 0.4) is 0 Å². The molecule has 82 valence electrons. The molecule has 2 saturated heterocycles. The van der Waals surface area contributed by atoms with Crippen molar-refractivity contribution in [3.8, 4) is 0 Å². The third kappa shape index (κ3) is 1.60. The Hall–Kier alpha value is -0.787. The number of aliphatic hydroxyl groups excluding tert-OH is 1. The van der Waals surface area contributed by atoms with Gasteiger partial charge in [-0.3, -0.25) is 0 Å². The van der Waals surface area contributed by atoms with E-state index < -0.39 is 59.1 Å². The van der Waals surface area contributed by atoms with Crippen molar-refractivity contribution in [3.63, 3.8) is 0 Å². The van der Waals surface area contributed by atoms with Crippen LogP contribution in [0.25, 0.3) is 0 Å². The molecule has 15 heavy (non-hydrogen) atoms. The quantitative estimate of drug-likeness (QED) is 0.406. The van der Waals surface area contributed by atoms with Gasteiger partial charge in [0.2, 0.25) is 0 Å². The fraction of sp³-hybridized carbons (Fsp3) is 0.500. The summed E-state index contributed by atoms with van der Waals surface area (Å²) in [5.41, 5.74) is -2.59. The molecule has 9 heteroatoms. The summed E-state index contributed by atoms with van der Waals surface area (Å²) in [6.07, 6.45) is -2.92. The van der Waals surface area contributed by atoms with Gasteiger partial charge in [-0.1, -0.05) is 0 Å². The van der Waals surface area contributed by atoms with E-state index in [0.717, 1.165) is 0 Å². The molecular weight excluding hydrogens is 409 g/mol. The minimum absolute atomic E-state index is 0.812. The first-order valence-electron chi connectivity index (χ1n) is 3.79. The fourth-order valence-electron chi connectivity index (χ4n) is 1.14. The second-order valence-corrected chi connectivity index (χ2v) is 6.85. The summed E-state index contributed by atoms with van der Waals surface area (Å²) in [5, 5.41) is 19.0. The number of hydrogen-bond donors (Lipinski definition) is 2. The van der Waals surface area contributed by atoms with Gasteiger partial charge in [-0.15, -0.1) is 0 Å². The van der Waals surface area contributed by atoms with E-state index in [0.29, 0.717) is 0 Å². The van der Waals surface area contributed by atoms with Crippen LogP contribution in [0, 0.1) is 0 Å². The van der Waals surface area contributed by atoms with E-state index in [4.69, 9.17) is 0 Å². The molecule has 8 nitrogen and oxygen atoms in total. The molecule has 2 heterocycles. The van der Waals surface area contributed by atoms with E-state index in [-0.39, 0.29) is 0 Å². The summed E-state index contributed by atoms with van der Waals surface area (Å²) in [4.78, 5) is 33.4. The third-order valence-corrected chi connectivity index (χ3v) is 5.82. The molecule has 2 bridgehead atoms. The average Bonchev–Trinajstić information content (AvgIpc) is 2.27. The number of carbonyl (C=O) groups excluding carboxylic acids is 3. The normalized spacial score (nSPS) is 36.4. The van der Waals surface area contributed by atoms with E-state index in [1.165, 1.54) is 0 Å². The van der Waals surface area contributed by atoms with Crippen molar-refractivity contribution in [2.45, 2.75) is 18.1 Å². The Balaban J connectivity index is 2.47. The SMILES string of the molecule is O=C1CC2(O)C(=O)[O][Bi]([O]1)[O]C(=O)C2O. The minimum atomic E-state index is -3.91. The van der Waals surface area contributed by atoms with E-state index in [1.807, 2.05) is 0 Å². The molecule has 0 aromatic carbocycles. The molecule has 0 saturated carbocycles. The molecule has 0 spiro atoms. The molecule has 0 aromatic rings. The van der Waals surface area contributed by atoms with Crippen molar-refractivity contribution in [2.75, 3.05) is 0 Å². The van der Waals surface area contributed by atoms with E-state index in [9.17, 15) is 24.6 Å². The van der Waals surface area contributed by atoms with E-state index in [2.05, 4.69) is 8.44 Å². The van der Waals surface area contributed by atoms with Gasteiger partial charge in [-0.05, 0) is 0 Å². The van der Waals surface area contributed by atoms with Crippen molar-refractivity contribution in [1.82, 2.24) is 0 Å². The van der Waals surface area contributed by atoms with Crippen LogP contribution in [0.5, 0.6) is 0 Å². The molecule has 0 amide bonds. The first kappa shape index (κ1) is 10.7. The van der Waals surface area contributed by atoms with Gasteiger partial charge < -0.3 is 0 Å². The molecule has 2 N–H and O–H groups in total. The van der Waals surface area contributed by atoms with Gasteiger partial charge in [0.1, 0.15) is 0 Å². The zero-order valence-electron chi connectivity index (χ0n) is 7.08. The number of hydrogen-bond acceptors (Lipinski definition) is 8. The summed E-state index contributed by atoms with van der Waals surface area (Å²) in [7, 11) is 0. The average molecular weight is 414 g/mol. The summed E-state index contributed by atoms with van der Waals surface area (Å²) in [6, 6.07) is 0. The third-order valence-electron chi connectivity index (χ3n) is 1.94. The van der Waals surface area contributed by atoms with Crippen LogP contribution in [0.1, 0.15) is 6.42 Å². The first-order valence-corrected chi connectivity index (χ1v) is 8.05. The topological polar surface area (TPSA) is 119 Å². The number of rotatable bonds is 0. The number of fused-ring (bicyclic) bond motifs is 3. The molecule has 2 rings (SSSR count). The van der Waals surface area contributed by atoms with Crippen LogP contribution in [0.15, 0.2) is 0 Å². The summed E-state index contributed by atoms with van der Waals surface area (Å²) >= 11 is -3.91. The van der Waals surface area contributed by atoms with Gasteiger partial charge in [-0.2, -0.15) is 0 Å². The predicted molar refractivity (Wildman–Crippen MR) is 39.6 cm³/mol. The van der Waals surface area contributed by atoms with Crippen molar-refractivity contribution < 1.29 is 33.0 Å². The van der Waals surface area contributed by atoms with Gasteiger partial charge in [0.15, 0.2) is 0 Å². The zero-order chi connectivity index (χ0) is 11.2. The van der Waals surface area contributed by atoms with Crippen LogP contribution >= 0.6 is 0 Å². The summed E-state index contributed by atoms with van der Waals surface area (Å²) < 4.78 is 13.5. The molecule has 0 aliphatic carbocycles. The second kappa shape index (κ2) is 3.36. The number of aliphatic hydroxyl groups is 2. The van der Waals surface area contributed by atoms with Crippen molar-refractivity contribution in [2.24, 2.45) is 0 Å². The monoisotopic (exact) mass is 414 g/mol. The fourth-order valence-corrected chi connectivity index (χ4v) is 4.57. The Labute approximate surface area is 92.3 Å². The molecule has 2 unspecified atom stereocenters. The molecule has 2 aliphatic rings. The number of carbonyl (C=O) groups is 3. The van der Waals surface area contributed by atoms with Crippen LogP contribution in [-0.4, -0.2) is 62.9 Å². The van der Waals surface area contributed by atoms with Gasteiger partial charge in [0.25, 0.3) is 0 Å². The summed E-state index contributed by atoms with van der Waals surface area (Å²) in [5.74, 6) is -3.37. The Kier molecular flexibility index (Phi) is 2.40. The Morgan fingerprint density at radius 1 is 1.27 bits per heavy atom. The Morgan fingerprint density at radius 2 is 1.93 bits per heavy atom.